The van der Waals surface area contributed by atoms with Gasteiger partial charge in [0.05, 0.1) is 12.2 Å². The predicted octanol–water partition coefficient (Wildman–Crippen LogP) is 6.04. The van der Waals surface area contributed by atoms with E-state index in [1.165, 1.54) is 36.2 Å². The standard InChI is InChI=1S/C36H49FN6O6.C32H42FN5O4.C8H5N2O.Li.H2O/c1-8-48-25(3)31(39-32(44)24(2)40(7)35(47)49-36(4,5)6)34(46)43-20-11-12-28(43)22-42(21-18-26-14-16-27(37)17-15-26)33(45)29-23-41-19-10-9-13-30(41)38-29;1-5-22(3)30(39)35-29(23(4)42-6-2)32(41)38-18-9-10-26(38)20-37(19-16-24-12-14-25(33)15-13-24)31(40)27-21-36-17-8-7-11-28(36)34-27;11-6-7-5-10-4-2-1-3-8(10)9-7;;/h9-10,13-17,19,23-25,28,31H,8,11-12,18,20-22H2,1-7H3,(H,39,44);7-8,11-15,17,21-23,26,29H,5-6,9-10,16,18-20H2,1-4H3,(H,35,39);1-5H;;1H2/q;;-1;+1;/p-1/t24-,25+,28-,31-;22-,23-,26+,29+;;;/m01.../s1. The molecule has 8 atom stereocenters. The quantitative estimate of drug-likeness (QED) is 0.0438. The average molecular weight is 1430 g/mol. The summed E-state index contributed by atoms with van der Waals surface area (Å²) in [6.45, 7) is 20.7. The molecule has 0 unspecified atom stereocenters. The number of nitrogens with zero attached hydrogens (tertiary/aromatic N) is 11. The first-order valence-electron chi connectivity index (χ1n) is 35.0. The Morgan fingerprint density at radius 1 is 0.596 bits per heavy atom. The molecule has 25 nitrogen and oxygen atoms in total. The summed E-state index contributed by atoms with van der Waals surface area (Å²) in [5.74, 6) is -2.63. The first-order valence-corrected chi connectivity index (χ1v) is 35.0. The molecule has 7 amide bonds. The predicted molar refractivity (Wildman–Crippen MR) is 383 cm³/mol. The first kappa shape index (κ1) is 83.6. The van der Waals surface area contributed by atoms with Gasteiger partial charge in [0.1, 0.15) is 63.7 Å². The summed E-state index contributed by atoms with van der Waals surface area (Å²) in [5, 5.41) is 5.78. The zero-order valence-corrected chi connectivity index (χ0v) is 61.6. The number of benzene rings is 2. The summed E-state index contributed by atoms with van der Waals surface area (Å²) in [5.41, 5.74) is 4.04. The van der Waals surface area contributed by atoms with Crippen LogP contribution in [0.25, 0.3) is 16.9 Å². The number of rotatable bonds is 27. The van der Waals surface area contributed by atoms with Crippen molar-refractivity contribution in [1.82, 2.24) is 63.3 Å². The minimum Gasteiger partial charge on any atom is -0.870 e. The molecule has 8 aromatic rings. The van der Waals surface area contributed by atoms with Crippen molar-refractivity contribution in [2.45, 2.75) is 162 Å². The minimum absolute atomic E-state index is 0. The topological polar surface area (TPSA) is 286 Å². The molecule has 554 valence electrons. The zero-order chi connectivity index (χ0) is 73.8. The second-order valence-corrected chi connectivity index (χ2v) is 26.7. The molecule has 2 fully saturated rings. The van der Waals surface area contributed by atoms with Crippen LogP contribution in [0.3, 0.4) is 0 Å². The van der Waals surface area contributed by atoms with Crippen molar-refractivity contribution in [2.24, 2.45) is 5.92 Å². The molecule has 10 rings (SSSR count). The van der Waals surface area contributed by atoms with Crippen LogP contribution < -0.4 is 29.5 Å². The molecule has 2 saturated heterocycles. The van der Waals surface area contributed by atoms with Crippen LogP contribution in [-0.4, -0.2) is 214 Å². The second-order valence-electron chi connectivity index (χ2n) is 26.7. The third kappa shape index (κ3) is 22.8. The SMILES string of the molecule is CCO[C@H](C)[C@H](NC(=O)[C@H](C)CC)C(=O)N1CCC[C@H]1CN(CCc1ccc(F)cc1)C(=O)c1cn2ccccc2n1.CCO[C@H](C)[C@H](NC(=O)[C@H](C)N(C)C(=O)OC(C)(C)C)C(=O)N1CCC[C@H]1CN(CCc1ccc(F)cc1)C(=O)c1cn2ccccc2n1.O=[C-]c1cn2ccccc2n1.[Li+].[OH-]. The third-order valence-electron chi connectivity index (χ3n) is 18.2. The number of likely N-dealkylation sites (N-methyl/N-ethyl adjacent to an activating group) is 1. The van der Waals surface area contributed by atoms with Crippen LogP contribution >= 0.6 is 0 Å². The molecule has 2 aliphatic rings. The second kappa shape index (κ2) is 39.5. The zero-order valence-electron chi connectivity index (χ0n) is 61.6. The van der Waals surface area contributed by atoms with Gasteiger partial charge in [0.25, 0.3) is 11.8 Å². The number of likely N-dealkylation sites (tertiary alicyclic amines) is 2. The van der Waals surface area contributed by atoms with E-state index in [0.29, 0.717) is 101 Å². The smallest absolute Gasteiger partial charge is 0.870 e. The van der Waals surface area contributed by atoms with Gasteiger partial charge in [-0.2, -0.15) is 0 Å². The first-order chi connectivity index (χ1) is 48.8. The summed E-state index contributed by atoms with van der Waals surface area (Å²) in [4.78, 5) is 126. The van der Waals surface area contributed by atoms with E-state index in [1.807, 2.05) is 94.0 Å². The average Bonchev–Trinajstić information content (AvgIpc) is 1.63. The maximum Gasteiger partial charge on any atom is 1.00 e. The van der Waals surface area contributed by atoms with E-state index in [-0.39, 0.29) is 95.7 Å². The fourth-order valence-corrected chi connectivity index (χ4v) is 12.2. The molecule has 6 aromatic heterocycles. The van der Waals surface area contributed by atoms with Gasteiger partial charge in [0, 0.05) is 109 Å². The molecular weight excluding hydrogens is 1330 g/mol. The van der Waals surface area contributed by atoms with E-state index in [0.717, 1.165) is 29.6 Å². The van der Waals surface area contributed by atoms with E-state index in [9.17, 15) is 47.1 Å². The molecule has 0 aliphatic carbocycles. The van der Waals surface area contributed by atoms with Crippen molar-refractivity contribution in [3.63, 3.8) is 0 Å². The van der Waals surface area contributed by atoms with Gasteiger partial charge >= 0.3 is 25.0 Å². The Balaban J connectivity index is 0.000000280. The van der Waals surface area contributed by atoms with E-state index >= 15 is 0 Å². The van der Waals surface area contributed by atoms with E-state index in [2.05, 4.69) is 25.6 Å². The molecular formula is C76H97F2LiN13O12-. The Hall–Kier alpha value is -9.39. The van der Waals surface area contributed by atoms with Crippen LogP contribution in [0.1, 0.15) is 139 Å². The number of pyridine rings is 3. The largest absolute Gasteiger partial charge is 1.00 e. The van der Waals surface area contributed by atoms with E-state index < -0.39 is 47.9 Å². The molecule has 3 N–H and O–H groups in total. The molecule has 0 saturated carbocycles. The van der Waals surface area contributed by atoms with Gasteiger partial charge < -0.3 is 67.9 Å². The van der Waals surface area contributed by atoms with Gasteiger partial charge in [-0.05, 0) is 184 Å². The number of aromatic nitrogens is 6. The Morgan fingerprint density at radius 2 is 1.00 bits per heavy atom. The van der Waals surface area contributed by atoms with Crippen LogP contribution in [0.2, 0.25) is 0 Å². The Kier molecular flexibility index (Phi) is 31.7. The fraction of sp³-hybridized carbons (Fsp3) is 0.461. The monoisotopic (exact) mass is 1430 g/mol. The van der Waals surface area contributed by atoms with Gasteiger partial charge in [-0.25, -0.2) is 23.5 Å². The van der Waals surface area contributed by atoms with Crippen LogP contribution in [0.4, 0.5) is 13.6 Å². The van der Waals surface area contributed by atoms with Crippen molar-refractivity contribution in [2.75, 3.05) is 59.5 Å². The minimum atomic E-state index is -1.04. The number of nitrogens with one attached hydrogen (secondary N) is 2. The van der Waals surface area contributed by atoms with Crippen molar-refractivity contribution < 1.29 is 85.7 Å². The molecule has 0 spiro atoms. The van der Waals surface area contributed by atoms with E-state index in [1.54, 1.807) is 130 Å². The summed E-state index contributed by atoms with van der Waals surface area (Å²) in [7, 11) is 1.47. The Labute approximate surface area is 618 Å². The summed E-state index contributed by atoms with van der Waals surface area (Å²) in [6, 6.07) is 25.7. The number of ether oxygens (including phenoxy) is 3. The molecule has 8 heterocycles. The summed E-state index contributed by atoms with van der Waals surface area (Å²) >= 11 is 0. The molecule has 2 aromatic carbocycles. The normalized spacial score (nSPS) is 15.8. The van der Waals surface area contributed by atoms with Gasteiger partial charge in [-0.3, -0.25) is 38.7 Å². The number of hydrogen-bond acceptors (Lipinski definition) is 15. The number of amides is 7. The molecule has 0 radical (unpaired) electrons. The Morgan fingerprint density at radius 3 is 1.38 bits per heavy atom. The van der Waals surface area contributed by atoms with Gasteiger partial charge in [0.2, 0.25) is 23.6 Å². The maximum atomic E-state index is 14.2. The number of fused-ring (bicyclic) bond motifs is 3. The molecule has 28 heteroatoms. The van der Waals surface area contributed by atoms with Gasteiger partial charge in [0.15, 0.2) is 0 Å². The summed E-state index contributed by atoms with van der Waals surface area (Å²) in [6.07, 6.45) is 15.0. The third-order valence-corrected chi connectivity index (χ3v) is 18.2. The number of hydrogen-bond donors (Lipinski definition) is 2. The van der Waals surface area contributed by atoms with Crippen LogP contribution in [-0.2, 0) is 51.0 Å². The van der Waals surface area contributed by atoms with Crippen LogP contribution in [0.15, 0.2) is 140 Å². The number of imidazole rings is 3. The Bertz CT molecular complexity index is 4030. The number of carbonyl (C=O) groups is 7. The number of carbonyl (C=O) groups excluding carboxylic acids is 8. The van der Waals surface area contributed by atoms with Crippen LogP contribution in [0, 0.1) is 17.6 Å². The maximum absolute atomic E-state index is 14.2. The van der Waals surface area contributed by atoms with Crippen molar-refractivity contribution in [3.05, 3.63) is 180 Å². The van der Waals surface area contributed by atoms with Gasteiger partial charge in [-0.1, -0.05) is 56.3 Å². The van der Waals surface area contributed by atoms with Crippen LogP contribution in [0.5, 0.6) is 0 Å². The van der Waals surface area contributed by atoms with Gasteiger partial charge in [-0.15, -0.1) is 6.20 Å². The number of halogens is 2. The van der Waals surface area contributed by atoms with Crippen molar-refractivity contribution in [1.29, 1.82) is 0 Å². The van der Waals surface area contributed by atoms with E-state index in [4.69, 9.17) is 14.2 Å². The molecule has 2 aliphatic heterocycles. The van der Waals surface area contributed by atoms with Crippen molar-refractivity contribution >= 4 is 64.8 Å². The fourth-order valence-electron chi connectivity index (χ4n) is 12.2. The molecule has 0 bridgehead atoms. The summed E-state index contributed by atoms with van der Waals surface area (Å²) < 4.78 is 49.4. The molecule has 104 heavy (non-hydrogen) atoms. The van der Waals surface area contributed by atoms with Crippen molar-refractivity contribution in [3.8, 4) is 0 Å².